The monoisotopic (exact) mass is 377 g/mol. The third-order valence-corrected chi connectivity index (χ3v) is 5.16. The van der Waals surface area contributed by atoms with Crippen LogP contribution in [0.15, 0.2) is 60.1 Å². The molecule has 0 aliphatic carbocycles. The number of H-pyrrole nitrogens is 1. The van der Waals surface area contributed by atoms with Crippen molar-refractivity contribution in [3.63, 3.8) is 0 Å². The van der Waals surface area contributed by atoms with Crippen molar-refractivity contribution in [2.75, 3.05) is 11.9 Å². The molecule has 2 N–H and O–H groups in total. The molecule has 4 aromatic rings. The molecular formula is C20H15N3O3S. The SMILES string of the molecule is O=C(Nc1nc(-c2c[nH]c3ccccc23)cs1)C1COc2ccccc2O1. The highest BCUT2D eigenvalue weighted by molar-refractivity contribution is 7.14. The number of carbonyl (C=O) groups is 1. The van der Waals surface area contributed by atoms with Gasteiger partial charge in [0.1, 0.15) is 6.61 Å². The van der Waals surface area contributed by atoms with E-state index in [-0.39, 0.29) is 12.5 Å². The van der Waals surface area contributed by atoms with Crippen LogP contribution >= 0.6 is 11.3 Å². The van der Waals surface area contributed by atoms with E-state index in [1.54, 1.807) is 6.07 Å². The van der Waals surface area contributed by atoms with Crippen LogP contribution in [0.1, 0.15) is 0 Å². The predicted octanol–water partition coefficient (Wildman–Crippen LogP) is 4.07. The largest absolute Gasteiger partial charge is 0.485 e. The minimum atomic E-state index is -0.708. The molecule has 1 amide bonds. The van der Waals surface area contributed by atoms with E-state index in [9.17, 15) is 4.79 Å². The minimum Gasteiger partial charge on any atom is -0.485 e. The zero-order valence-electron chi connectivity index (χ0n) is 14.1. The number of ether oxygens (including phenoxy) is 2. The number of carbonyl (C=O) groups excluding carboxylic acids is 1. The first-order valence-electron chi connectivity index (χ1n) is 8.49. The molecule has 27 heavy (non-hydrogen) atoms. The predicted molar refractivity (Wildman–Crippen MR) is 104 cm³/mol. The van der Waals surface area contributed by atoms with Crippen molar-refractivity contribution >= 4 is 33.3 Å². The molecular weight excluding hydrogens is 362 g/mol. The molecule has 1 aliphatic rings. The first-order valence-corrected chi connectivity index (χ1v) is 9.37. The van der Waals surface area contributed by atoms with Crippen LogP contribution < -0.4 is 14.8 Å². The maximum absolute atomic E-state index is 12.5. The molecule has 2 aromatic carbocycles. The second-order valence-corrected chi connectivity index (χ2v) is 7.00. The lowest BCUT2D eigenvalue weighted by Crippen LogP contribution is -2.40. The van der Waals surface area contributed by atoms with Gasteiger partial charge in [0, 0.05) is 28.0 Å². The fraction of sp³-hybridized carbons (Fsp3) is 0.100. The topological polar surface area (TPSA) is 76.2 Å². The van der Waals surface area contributed by atoms with E-state index in [4.69, 9.17) is 9.47 Å². The van der Waals surface area contributed by atoms with Gasteiger partial charge in [0.15, 0.2) is 16.6 Å². The Bertz CT molecular complexity index is 1130. The quantitative estimate of drug-likeness (QED) is 0.564. The third kappa shape index (κ3) is 2.92. The maximum atomic E-state index is 12.5. The Balaban J connectivity index is 1.33. The number of nitrogens with one attached hydrogen (secondary N) is 2. The molecule has 6 nitrogen and oxygen atoms in total. The molecule has 2 aromatic heterocycles. The van der Waals surface area contributed by atoms with Crippen LogP contribution in [-0.4, -0.2) is 28.6 Å². The Hall–Kier alpha value is -3.32. The van der Waals surface area contributed by atoms with Gasteiger partial charge >= 0.3 is 0 Å². The number of benzene rings is 2. The number of aromatic nitrogens is 2. The highest BCUT2D eigenvalue weighted by Crippen LogP contribution is 2.33. The number of fused-ring (bicyclic) bond motifs is 2. The number of hydrogen-bond acceptors (Lipinski definition) is 5. The summed E-state index contributed by atoms with van der Waals surface area (Å²) in [5.74, 6) is 0.948. The van der Waals surface area contributed by atoms with Gasteiger partial charge in [-0.2, -0.15) is 0 Å². The number of rotatable bonds is 3. The molecule has 1 atom stereocenters. The summed E-state index contributed by atoms with van der Waals surface area (Å²) in [6, 6.07) is 15.4. The molecule has 0 saturated heterocycles. The summed E-state index contributed by atoms with van der Waals surface area (Å²) in [6.07, 6.45) is 1.22. The Morgan fingerprint density at radius 3 is 2.89 bits per heavy atom. The van der Waals surface area contributed by atoms with Crippen molar-refractivity contribution < 1.29 is 14.3 Å². The van der Waals surface area contributed by atoms with Gasteiger partial charge < -0.3 is 14.5 Å². The molecule has 0 saturated carbocycles. The fourth-order valence-electron chi connectivity index (χ4n) is 3.07. The molecule has 0 radical (unpaired) electrons. The molecule has 0 bridgehead atoms. The van der Waals surface area contributed by atoms with Crippen LogP contribution in [-0.2, 0) is 4.79 Å². The van der Waals surface area contributed by atoms with E-state index in [1.807, 2.05) is 54.0 Å². The number of aromatic amines is 1. The van der Waals surface area contributed by atoms with E-state index in [2.05, 4.69) is 15.3 Å². The van der Waals surface area contributed by atoms with Gasteiger partial charge in [0.05, 0.1) is 5.69 Å². The molecule has 7 heteroatoms. The van der Waals surface area contributed by atoms with Gasteiger partial charge in [-0.15, -0.1) is 11.3 Å². The molecule has 3 heterocycles. The third-order valence-electron chi connectivity index (χ3n) is 4.40. The smallest absolute Gasteiger partial charge is 0.270 e. The second-order valence-electron chi connectivity index (χ2n) is 6.14. The Kier molecular flexibility index (Phi) is 3.79. The molecule has 5 rings (SSSR count). The highest BCUT2D eigenvalue weighted by atomic mass is 32.1. The molecule has 0 spiro atoms. The number of nitrogens with zero attached hydrogens (tertiary/aromatic N) is 1. The zero-order chi connectivity index (χ0) is 18.2. The lowest BCUT2D eigenvalue weighted by molar-refractivity contribution is -0.125. The summed E-state index contributed by atoms with van der Waals surface area (Å²) in [4.78, 5) is 20.3. The molecule has 134 valence electrons. The summed E-state index contributed by atoms with van der Waals surface area (Å²) in [5, 5.41) is 6.38. The summed E-state index contributed by atoms with van der Waals surface area (Å²) >= 11 is 1.38. The van der Waals surface area contributed by atoms with Crippen LogP contribution in [0.25, 0.3) is 22.2 Å². The Labute approximate surface area is 158 Å². The van der Waals surface area contributed by atoms with Gasteiger partial charge in [-0.1, -0.05) is 30.3 Å². The van der Waals surface area contributed by atoms with E-state index in [1.165, 1.54) is 11.3 Å². The number of hydrogen-bond donors (Lipinski definition) is 2. The number of para-hydroxylation sites is 3. The van der Waals surface area contributed by atoms with Crippen LogP contribution in [0.4, 0.5) is 5.13 Å². The van der Waals surface area contributed by atoms with Crippen molar-refractivity contribution in [1.82, 2.24) is 9.97 Å². The fourth-order valence-corrected chi connectivity index (χ4v) is 3.79. The number of thiazole rings is 1. The molecule has 1 unspecified atom stereocenters. The second kappa shape index (κ2) is 6.44. The van der Waals surface area contributed by atoms with E-state index >= 15 is 0 Å². The van der Waals surface area contributed by atoms with Crippen LogP contribution in [0.2, 0.25) is 0 Å². The van der Waals surface area contributed by atoms with E-state index < -0.39 is 6.10 Å². The summed E-state index contributed by atoms with van der Waals surface area (Å²) in [5.41, 5.74) is 2.88. The van der Waals surface area contributed by atoms with Crippen molar-refractivity contribution in [3.8, 4) is 22.8 Å². The maximum Gasteiger partial charge on any atom is 0.270 e. The summed E-state index contributed by atoms with van der Waals surface area (Å²) < 4.78 is 11.3. The van der Waals surface area contributed by atoms with Crippen molar-refractivity contribution in [2.24, 2.45) is 0 Å². The molecule has 1 aliphatic heterocycles. The number of amides is 1. The van der Waals surface area contributed by atoms with Crippen LogP contribution in [0.3, 0.4) is 0 Å². The van der Waals surface area contributed by atoms with Crippen molar-refractivity contribution in [3.05, 3.63) is 60.1 Å². The average molecular weight is 377 g/mol. The number of anilines is 1. The first kappa shape index (κ1) is 15.9. The van der Waals surface area contributed by atoms with Crippen molar-refractivity contribution in [1.29, 1.82) is 0 Å². The zero-order valence-corrected chi connectivity index (χ0v) is 15.0. The minimum absolute atomic E-state index is 0.170. The summed E-state index contributed by atoms with van der Waals surface area (Å²) in [7, 11) is 0. The van der Waals surface area contributed by atoms with Crippen LogP contribution in [0, 0.1) is 0 Å². The van der Waals surface area contributed by atoms with Gasteiger partial charge in [-0.25, -0.2) is 4.98 Å². The molecule has 0 fully saturated rings. The van der Waals surface area contributed by atoms with E-state index in [0.717, 1.165) is 22.2 Å². The van der Waals surface area contributed by atoms with Gasteiger partial charge in [0.25, 0.3) is 5.91 Å². The Morgan fingerprint density at radius 2 is 1.96 bits per heavy atom. The normalized spacial score (nSPS) is 15.6. The van der Waals surface area contributed by atoms with Crippen molar-refractivity contribution in [2.45, 2.75) is 6.10 Å². The van der Waals surface area contributed by atoms with Gasteiger partial charge in [0.2, 0.25) is 6.10 Å². The highest BCUT2D eigenvalue weighted by Gasteiger charge is 2.28. The lowest BCUT2D eigenvalue weighted by Gasteiger charge is -2.25. The lowest BCUT2D eigenvalue weighted by atomic mass is 10.1. The van der Waals surface area contributed by atoms with Gasteiger partial charge in [-0.3, -0.25) is 10.1 Å². The van der Waals surface area contributed by atoms with E-state index in [0.29, 0.717) is 16.6 Å². The standard InChI is InChI=1S/C20H15N3O3S/c24-19(18-10-25-16-7-3-4-8-17(16)26-18)23-20-22-15(11-27-20)13-9-21-14-6-2-1-5-12(13)14/h1-9,11,18,21H,10H2,(H,22,23,24). The first-order chi connectivity index (χ1) is 13.3. The van der Waals surface area contributed by atoms with Gasteiger partial charge in [-0.05, 0) is 18.2 Å². The van der Waals surface area contributed by atoms with Crippen LogP contribution in [0.5, 0.6) is 11.5 Å². The Morgan fingerprint density at radius 1 is 1.15 bits per heavy atom. The summed E-state index contributed by atoms with van der Waals surface area (Å²) in [6.45, 7) is 0.170. The average Bonchev–Trinajstić information content (AvgIpc) is 3.34.